The van der Waals surface area contributed by atoms with E-state index in [0.29, 0.717) is 5.39 Å². The quantitative estimate of drug-likeness (QED) is 0.860. The highest BCUT2D eigenvalue weighted by Crippen LogP contribution is 2.39. The van der Waals surface area contributed by atoms with Gasteiger partial charge in [0.15, 0.2) is 0 Å². The van der Waals surface area contributed by atoms with Crippen molar-refractivity contribution in [2.45, 2.75) is 12.1 Å². The van der Waals surface area contributed by atoms with Gasteiger partial charge in [-0.05, 0) is 22.4 Å². The number of hydrogen-bond donors (Lipinski definition) is 1. The Morgan fingerprint density at radius 1 is 1.25 bits per heavy atom. The molecule has 1 aromatic carbocycles. The molecule has 0 aliphatic heterocycles. The van der Waals surface area contributed by atoms with Crippen LogP contribution in [0.1, 0.15) is 11.5 Å². The Kier molecular flexibility index (Phi) is 2.90. The van der Waals surface area contributed by atoms with Crippen molar-refractivity contribution in [3.63, 3.8) is 0 Å². The zero-order valence-electron chi connectivity index (χ0n) is 8.29. The Hall–Kier alpha value is -1.07. The number of thiophene rings is 1. The molecule has 0 amide bonds. The minimum absolute atomic E-state index is 0.288. The third-order valence-electron chi connectivity index (χ3n) is 2.52. The van der Waals surface area contributed by atoms with Gasteiger partial charge in [-0.25, -0.2) is 0 Å². The monoisotopic (exact) mass is 245 g/mol. The highest BCUT2D eigenvalue weighted by Gasteiger charge is 2.40. The molecule has 1 heterocycles. The fraction of sp³-hybridized carbons (Fsp3) is 0.273. The van der Waals surface area contributed by atoms with Crippen molar-refractivity contribution in [1.29, 1.82) is 0 Å². The summed E-state index contributed by atoms with van der Waals surface area (Å²) in [6.45, 7) is -0.412. The van der Waals surface area contributed by atoms with Crippen LogP contribution in [0.5, 0.6) is 0 Å². The molecule has 1 unspecified atom stereocenters. The number of fused-ring (bicyclic) bond motifs is 1. The van der Waals surface area contributed by atoms with Crippen LogP contribution in [0.15, 0.2) is 29.6 Å². The van der Waals surface area contributed by atoms with Gasteiger partial charge >= 0.3 is 6.18 Å². The summed E-state index contributed by atoms with van der Waals surface area (Å²) in [5, 5.41) is 2.20. The van der Waals surface area contributed by atoms with E-state index in [1.165, 1.54) is 11.3 Å². The van der Waals surface area contributed by atoms with Crippen molar-refractivity contribution < 1.29 is 13.2 Å². The largest absolute Gasteiger partial charge is 0.397 e. The minimum Gasteiger partial charge on any atom is -0.330 e. The predicted octanol–water partition coefficient (Wildman–Crippen LogP) is 3.51. The topological polar surface area (TPSA) is 26.0 Å². The number of nitrogens with two attached hydrogens (primary N) is 1. The molecule has 2 N–H and O–H groups in total. The van der Waals surface area contributed by atoms with Crippen LogP contribution in [0, 0.1) is 0 Å². The first-order valence-corrected chi connectivity index (χ1v) is 5.65. The zero-order valence-corrected chi connectivity index (χ0v) is 9.11. The SMILES string of the molecule is NCC(c1csc2ccccc12)C(F)(F)F. The number of alkyl halides is 3. The summed E-state index contributed by atoms with van der Waals surface area (Å²) in [7, 11) is 0. The molecular formula is C11H10F3NS. The molecule has 2 rings (SSSR count). The number of hydrogen-bond acceptors (Lipinski definition) is 2. The van der Waals surface area contributed by atoms with Gasteiger partial charge in [0.1, 0.15) is 0 Å². The van der Waals surface area contributed by atoms with Gasteiger partial charge in [0.25, 0.3) is 0 Å². The first-order valence-electron chi connectivity index (χ1n) is 4.77. The van der Waals surface area contributed by atoms with Crippen molar-refractivity contribution in [3.05, 3.63) is 35.2 Å². The Bertz CT molecular complexity index is 489. The van der Waals surface area contributed by atoms with Crippen LogP contribution in [0.2, 0.25) is 0 Å². The van der Waals surface area contributed by atoms with Gasteiger partial charge in [-0.1, -0.05) is 18.2 Å². The molecule has 0 aliphatic rings. The molecule has 0 saturated heterocycles. The van der Waals surface area contributed by atoms with Crippen LogP contribution in [0.4, 0.5) is 13.2 Å². The van der Waals surface area contributed by atoms with E-state index in [2.05, 4.69) is 0 Å². The summed E-state index contributed by atoms with van der Waals surface area (Å²) in [6, 6.07) is 7.07. The van der Waals surface area contributed by atoms with Crippen LogP contribution in [0.3, 0.4) is 0 Å². The van der Waals surface area contributed by atoms with Gasteiger partial charge < -0.3 is 5.73 Å². The van der Waals surface area contributed by atoms with Crippen molar-refractivity contribution in [1.82, 2.24) is 0 Å². The lowest BCUT2D eigenvalue weighted by atomic mass is 9.98. The third-order valence-corrected chi connectivity index (χ3v) is 3.50. The van der Waals surface area contributed by atoms with Gasteiger partial charge in [0.2, 0.25) is 0 Å². The predicted molar refractivity (Wildman–Crippen MR) is 59.7 cm³/mol. The van der Waals surface area contributed by atoms with E-state index in [1.807, 2.05) is 12.1 Å². The van der Waals surface area contributed by atoms with E-state index in [9.17, 15) is 13.2 Å². The Morgan fingerprint density at radius 2 is 1.94 bits per heavy atom. The average Bonchev–Trinajstić information content (AvgIpc) is 2.61. The van der Waals surface area contributed by atoms with Crippen LogP contribution in [0.25, 0.3) is 10.1 Å². The van der Waals surface area contributed by atoms with E-state index in [-0.39, 0.29) is 5.56 Å². The van der Waals surface area contributed by atoms with Gasteiger partial charge in [-0.3, -0.25) is 0 Å². The maximum Gasteiger partial charge on any atom is 0.397 e. The summed E-state index contributed by atoms with van der Waals surface area (Å²) in [5.41, 5.74) is 5.51. The summed E-state index contributed by atoms with van der Waals surface area (Å²) >= 11 is 1.32. The molecule has 16 heavy (non-hydrogen) atoms. The van der Waals surface area contributed by atoms with E-state index in [1.54, 1.807) is 17.5 Å². The molecule has 86 valence electrons. The number of rotatable bonds is 2. The van der Waals surface area contributed by atoms with Crippen molar-refractivity contribution in [2.75, 3.05) is 6.54 Å². The minimum atomic E-state index is -4.28. The van der Waals surface area contributed by atoms with Crippen LogP contribution < -0.4 is 5.73 Å². The van der Waals surface area contributed by atoms with Gasteiger partial charge in [0, 0.05) is 11.2 Å². The lowest BCUT2D eigenvalue weighted by molar-refractivity contribution is -0.147. The number of benzene rings is 1. The van der Waals surface area contributed by atoms with Gasteiger partial charge in [0.05, 0.1) is 5.92 Å². The molecule has 0 saturated carbocycles. The Balaban J connectivity index is 2.54. The molecule has 0 fully saturated rings. The van der Waals surface area contributed by atoms with Gasteiger partial charge in [-0.15, -0.1) is 11.3 Å². The molecule has 2 aromatic rings. The average molecular weight is 245 g/mol. The van der Waals surface area contributed by atoms with Crippen LogP contribution in [-0.2, 0) is 0 Å². The van der Waals surface area contributed by atoms with E-state index >= 15 is 0 Å². The maximum atomic E-state index is 12.7. The lowest BCUT2D eigenvalue weighted by Gasteiger charge is -2.17. The van der Waals surface area contributed by atoms with E-state index < -0.39 is 18.6 Å². The second-order valence-corrected chi connectivity index (χ2v) is 4.43. The fourth-order valence-electron chi connectivity index (χ4n) is 1.71. The summed E-state index contributed by atoms with van der Waals surface area (Å²) in [6.07, 6.45) is -4.28. The molecular weight excluding hydrogens is 235 g/mol. The molecule has 1 nitrogen and oxygen atoms in total. The van der Waals surface area contributed by atoms with E-state index in [0.717, 1.165) is 4.70 Å². The summed E-state index contributed by atoms with van der Waals surface area (Å²) in [5.74, 6) is -1.57. The lowest BCUT2D eigenvalue weighted by Crippen LogP contribution is -2.27. The zero-order chi connectivity index (χ0) is 11.8. The second-order valence-electron chi connectivity index (χ2n) is 3.52. The molecule has 1 aromatic heterocycles. The molecule has 0 radical (unpaired) electrons. The molecule has 0 aliphatic carbocycles. The molecule has 0 spiro atoms. The van der Waals surface area contributed by atoms with Crippen molar-refractivity contribution in [3.8, 4) is 0 Å². The standard InChI is InChI=1S/C11H10F3NS/c12-11(13,14)9(5-15)8-6-16-10-4-2-1-3-7(8)10/h1-4,6,9H,5,15H2. The highest BCUT2D eigenvalue weighted by molar-refractivity contribution is 7.17. The molecule has 5 heteroatoms. The van der Waals surface area contributed by atoms with Crippen LogP contribution >= 0.6 is 11.3 Å². The first-order chi connectivity index (χ1) is 7.54. The van der Waals surface area contributed by atoms with Crippen molar-refractivity contribution in [2.24, 2.45) is 5.73 Å². The molecule has 1 atom stereocenters. The second kappa shape index (κ2) is 4.07. The Labute approximate surface area is 94.7 Å². The number of halogens is 3. The first kappa shape index (κ1) is 11.4. The van der Waals surface area contributed by atoms with Crippen LogP contribution in [-0.4, -0.2) is 12.7 Å². The van der Waals surface area contributed by atoms with Crippen molar-refractivity contribution >= 4 is 21.4 Å². The smallest absolute Gasteiger partial charge is 0.330 e. The Morgan fingerprint density at radius 3 is 2.56 bits per heavy atom. The third kappa shape index (κ3) is 1.92. The highest BCUT2D eigenvalue weighted by atomic mass is 32.1. The normalized spacial score (nSPS) is 14.2. The summed E-state index contributed by atoms with van der Waals surface area (Å²) < 4.78 is 39.1. The fourth-order valence-corrected chi connectivity index (χ4v) is 2.72. The molecule has 0 bridgehead atoms. The van der Waals surface area contributed by atoms with E-state index in [4.69, 9.17) is 5.73 Å². The van der Waals surface area contributed by atoms with Gasteiger partial charge in [-0.2, -0.15) is 13.2 Å². The summed E-state index contributed by atoms with van der Waals surface area (Å²) in [4.78, 5) is 0. The maximum absolute atomic E-state index is 12.7.